The van der Waals surface area contributed by atoms with E-state index in [4.69, 9.17) is 9.47 Å². The molecule has 0 heterocycles. The number of carbonyl (C=O) groups is 1. The molecule has 2 aromatic rings. The molecule has 5 heteroatoms. The Morgan fingerprint density at radius 1 is 1.09 bits per heavy atom. The number of rotatable bonds is 5. The van der Waals surface area contributed by atoms with E-state index in [2.05, 4.69) is 5.32 Å². The Kier molecular flexibility index (Phi) is 4.99. The summed E-state index contributed by atoms with van der Waals surface area (Å²) in [5.41, 5.74) is 1.18. The SMILES string of the molecule is COc1ccc(C(=O)NC(C)c2ccc(OC)c(F)c2)cc1. The minimum Gasteiger partial charge on any atom is -0.497 e. The summed E-state index contributed by atoms with van der Waals surface area (Å²) in [6, 6.07) is 11.1. The van der Waals surface area contributed by atoms with Crippen LogP contribution >= 0.6 is 0 Å². The molecule has 0 aliphatic rings. The van der Waals surface area contributed by atoms with Crippen LogP contribution < -0.4 is 14.8 Å². The highest BCUT2D eigenvalue weighted by Gasteiger charge is 2.13. The van der Waals surface area contributed by atoms with Crippen LogP contribution in [0.4, 0.5) is 4.39 Å². The van der Waals surface area contributed by atoms with Crippen molar-refractivity contribution in [2.45, 2.75) is 13.0 Å². The van der Waals surface area contributed by atoms with E-state index in [0.29, 0.717) is 16.9 Å². The molecule has 0 saturated carbocycles. The first-order valence-electron chi connectivity index (χ1n) is 6.83. The smallest absolute Gasteiger partial charge is 0.251 e. The maximum atomic E-state index is 13.7. The van der Waals surface area contributed by atoms with Gasteiger partial charge in [-0.2, -0.15) is 0 Å². The van der Waals surface area contributed by atoms with Crippen LogP contribution in [0.25, 0.3) is 0 Å². The second kappa shape index (κ2) is 6.93. The van der Waals surface area contributed by atoms with Gasteiger partial charge >= 0.3 is 0 Å². The first-order chi connectivity index (χ1) is 10.5. The molecule has 0 saturated heterocycles. The van der Waals surface area contributed by atoms with Crippen molar-refractivity contribution < 1.29 is 18.7 Å². The van der Waals surface area contributed by atoms with Crippen molar-refractivity contribution in [3.05, 3.63) is 59.4 Å². The molecule has 1 unspecified atom stereocenters. The van der Waals surface area contributed by atoms with E-state index in [0.717, 1.165) is 0 Å². The molecule has 0 spiro atoms. The Bertz CT molecular complexity index is 655. The fourth-order valence-electron chi connectivity index (χ4n) is 2.06. The van der Waals surface area contributed by atoms with Gasteiger partial charge in [0.05, 0.1) is 20.3 Å². The van der Waals surface area contributed by atoms with E-state index in [1.165, 1.54) is 13.2 Å². The van der Waals surface area contributed by atoms with Crippen LogP contribution in [0.1, 0.15) is 28.9 Å². The average Bonchev–Trinajstić information content (AvgIpc) is 2.54. The van der Waals surface area contributed by atoms with Gasteiger partial charge in [0.25, 0.3) is 5.91 Å². The van der Waals surface area contributed by atoms with Gasteiger partial charge in [-0.25, -0.2) is 4.39 Å². The molecule has 1 amide bonds. The number of nitrogens with one attached hydrogen (secondary N) is 1. The van der Waals surface area contributed by atoms with Crippen LogP contribution in [-0.2, 0) is 0 Å². The standard InChI is InChI=1S/C17H18FNO3/c1-11(13-6-9-16(22-3)15(18)10-13)19-17(20)12-4-7-14(21-2)8-5-12/h4-11H,1-3H3,(H,19,20). The van der Waals surface area contributed by atoms with Gasteiger partial charge in [0.15, 0.2) is 11.6 Å². The Balaban J connectivity index is 2.08. The summed E-state index contributed by atoms with van der Waals surface area (Å²) in [5.74, 6) is 0.177. The quantitative estimate of drug-likeness (QED) is 0.921. The predicted molar refractivity (Wildman–Crippen MR) is 81.8 cm³/mol. The molecule has 0 radical (unpaired) electrons. The Hall–Kier alpha value is -2.56. The highest BCUT2D eigenvalue weighted by atomic mass is 19.1. The summed E-state index contributed by atoms with van der Waals surface area (Å²) in [7, 11) is 2.97. The molecule has 0 aliphatic carbocycles. The van der Waals surface area contributed by atoms with Gasteiger partial charge in [-0.05, 0) is 48.9 Å². The molecule has 1 N–H and O–H groups in total. The van der Waals surface area contributed by atoms with E-state index in [1.807, 2.05) is 0 Å². The summed E-state index contributed by atoms with van der Waals surface area (Å²) in [6.07, 6.45) is 0. The lowest BCUT2D eigenvalue weighted by Gasteiger charge is -2.15. The fourth-order valence-corrected chi connectivity index (χ4v) is 2.06. The lowest BCUT2D eigenvalue weighted by atomic mass is 10.1. The number of amides is 1. The molecular formula is C17H18FNO3. The normalized spacial score (nSPS) is 11.6. The third kappa shape index (κ3) is 3.55. The van der Waals surface area contributed by atoms with E-state index in [9.17, 15) is 9.18 Å². The summed E-state index contributed by atoms with van der Waals surface area (Å²) >= 11 is 0. The van der Waals surface area contributed by atoms with Crippen molar-refractivity contribution in [2.75, 3.05) is 14.2 Å². The first kappa shape index (κ1) is 15.8. The van der Waals surface area contributed by atoms with Gasteiger partial charge in [0.1, 0.15) is 5.75 Å². The number of ether oxygens (including phenoxy) is 2. The van der Waals surface area contributed by atoms with Gasteiger partial charge in [0, 0.05) is 5.56 Å². The van der Waals surface area contributed by atoms with Crippen LogP contribution in [0.3, 0.4) is 0 Å². The Labute approximate surface area is 128 Å². The molecule has 2 aromatic carbocycles. The lowest BCUT2D eigenvalue weighted by molar-refractivity contribution is 0.0940. The van der Waals surface area contributed by atoms with Gasteiger partial charge in [0.2, 0.25) is 0 Å². The molecule has 0 fully saturated rings. The maximum Gasteiger partial charge on any atom is 0.251 e. The second-order valence-electron chi connectivity index (χ2n) is 4.82. The zero-order valence-electron chi connectivity index (χ0n) is 12.7. The van der Waals surface area contributed by atoms with Crippen LogP contribution in [0.2, 0.25) is 0 Å². The summed E-state index contributed by atoms with van der Waals surface area (Å²) in [4.78, 5) is 12.2. The molecule has 22 heavy (non-hydrogen) atoms. The number of halogens is 1. The molecular weight excluding hydrogens is 285 g/mol. The third-order valence-electron chi connectivity index (χ3n) is 3.38. The predicted octanol–water partition coefficient (Wildman–Crippen LogP) is 3.33. The van der Waals surface area contributed by atoms with Gasteiger partial charge in [-0.1, -0.05) is 6.07 Å². The zero-order valence-corrected chi connectivity index (χ0v) is 12.7. The average molecular weight is 303 g/mol. The summed E-state index contributed by atoms with van der Waals surface area (Å²) < 4.78 is 23.6. The number of carbonyl (C=O) groups excluding carboxylic acids is 1. The molecule has 2 rings (SSSR count). The monoisotopic (exact) mass is 303 g/mol. The lowest BCUT2D eigenvalue weighted by Crippen LogP contribution is -2.26. The maximum absolute atomic E-state index is 13.7. The number of benzene rings is 2. The van der Waals surface area contributed by atoms with Crippen molar-refractivity contribution in [2.24, 2.45) is 0 Å². The van der Waals surface area contributed by atoms with Crippen LogP contribution in [0, 0.1) is 5.82 Å². The van der Waals surface area contributed by atoms with Crippen LogP contribution in [-0.4, -0.2) is 20.1 Å². The van der Waals surface area contributed by atoms with Crippen LogP contribution in [0.5, 0.6) is 11.5 Å². The Morgan fingerprint density at radius 3 is 2.32 bits per heavy atom. The van der Waals surface area contributed by atoms with Gasteiger partial charge in [-0.3, -0.25) is 4.79 Å². The number of methoxy groups -OCH3 is 2. The van der Waals surface area contributed by atoms with Crippen molar-refractivity contribution in [1.29, 1.82) is 0 Å². The molecule has 0 bridgehead atoms. The highest BCUT2D eigenvalue weighted by molar-refractivity contribution is 5.94. The van der Waals surface area contributed by atoms with Crippen molar-refractivity contribution in [1.82, 2.24) is 5.32 Å². The largest absolute Gasteiger partial charge is 0.497 e. The van der Waals surface area contributed by atoms with Gasteiger partial charge < -0.3 is 14.8 Å². The van der Waals surface area contributed by atoms with E-state index in [1.54, 1.807) is 50.4 Å². The zero-order chi connectivity index (χ0) is 16.1. The first-order valence-corrected chi connectivity index (χ1v) is 6.83. The van der Waals surface area contributed by atoms with E-state index < -0.39 is 5.82 Å². The minimum atomic E-state index is -0.453. The Morgan fingerprint density at radius 2 is 1.77 bits per heavy atom. The third-order valence-corrected chi connectivity index (χ3v) is 3.38. The van der Waals surface area contributed by atoms with Crippen molar-refractivity contribution in [3.63, 3.8) is 0 Å². The fraction of sp³-hybridized carbons (Fsp3) is 0.235. The van der Waals surface area contributed by atoms with Crippen LogP contribution in [0.15, 0.2) is 42.5 Å². The minimum absolute atomic E-state index is 0.178. The second-order valence-corrected chi connectivity index (χ2v) is 4.82. The molecule has 4 nitrogen and oxygen atoms in total. The topological polar surface area (TPSA) is 47.6 Å². The van der Waals surface area contributed by atoms with E-state index in [-0.39, 0.29) is 17.7 Å². The summed E-state index contributed by atoms with van der Waals surface area (Å²) in [6.45, 7) is 1.79. The van der Waals surface area contributed by atoms with E-state index >= 15 is 0 Å². The molecule has 1 atom stereocenters. The highest BCUT2D eigenvalue weighted by Crippen LogP contribution is 2.22. The number of hydrogen-bond acceptors (Lipinski definition) is 3. The number of hydrogen-bond donors (Lipinski definition) is 1. The van der Waals surface area contributed by atoms with Crippen molar-refractivity contribution in [3.8, 4) is 11.5 Å². The summed E-state index contributed by atoms with van der Waals surface area (Å²) in [5, 5.41) is 2.83. The van der Waals surface area contributed by atoms with Gasteiger partial charge in [-0.15, -0.1) is 0 Å². The molecule has 0 aliphatic heterocycles. The van der Waals surface area contributed by atoms with Crippen molar-refractivity contribution >= 4 is 5.91 Å². The molecule has 0 aromatic heterocycles. The molecule has 116 valence electrons.